The van der Waals surface area contributed by atoms with Crippen molar-refractivity contribution in [2.24, 2.45) is 0 Å². The molecule has 0 saturated carbocycles. The lowest BCUT2D eigenvalue weighted by atomic mass is 10.2. The predicted molar refractivity (Wildman–Crippen MR) is 78.8 cm³/mol. The average molecular weight is 312 g/mol. The molecule has 0 spiro atoms. The van der Waals surface area contributed by atoms with Crippen LogP contribution in [0.4, 0.5) is 4.79 Å². The van der Waals surface area contributed by atoms with Crippen LogP contribution in [0.5, 0.6) is 0 Å². The van der Waals surface area contributed by atoms with Crippen molar-refractivity contribution in [2.75, 3.05) is 19.4 Å². The molecule has 1 heterocycles. The number of sulfone groups is 1. The van der Waals surface area contributed by atoms with Crippen LogP contribution in [0.2, 0.25) is 0 Å². The topological polar surface area (TPSA) is 84.5 Å². The summed E-state index contributed by atoms with van der Waals surface area (Å²) in [5, 5.41) is 5.49. The molecule has 0 bridgehead atoms. The van der Waals surface area contributed by atoms with Crippen molar-refractivity contribution in [3.63, 3.8) is 0 Å². The molecule has 2 rings (SSSR count). The van der Waals surface area contributed by atoms with Gasteiger partial charge in [-0.3, -0.25) is 0 Å². The first-order valence-electron chi connectivity index (χ1n) is 6.87. The van der Waals surface area contributed by atoms with E-state index in [0.717, 1.165) is 25.0 Å². The van der Waals surface area contributed by atoms with E-state index in [2.05, 4.69) is 10.6 Å². The summed E-state index contributed by atoms with van der Waals surface area (Å²) in [6.07, 6.45) is 3.30. The highest BCUT2D eigenvalue weighted by Crippen LogP contribution is 2.11. The third kappa shape index (κ3) is 5.02. The van der Waals surface area contributed by atoms with Crippen molar-refractivity contribution in [1.29, 1.82) is 0 Å². The van der Waals surface area contributed by atoms with Gasteiger partial charge in [0.25, 0.3) is 0 Å². The standard InChI is InChI=1S/C14H20N2O4S/c1-21(18,19)13-6-4-11(5-7-13)9-15-14(17)16-10-12-3-2-8-20-12/h4-7,12H,2-3,8-10H2,1H3,(H2,15,16,17). The first kappa shape index (κ1) is 15.8. The van der Waals surface area contributed by atoms with Gasteiger partial charge in [-0.25, -0.2) is 13.2 Å². The maximum atomic E-state index is 11.6. The second-order valence-corrected chi connectivity index (χ2v) is 7.13. The van der Waals surface area contributed by atoms with Crippen LogP contribution >= 0.6 is 0 Å². The SMILES string of the molecule is CS(=O)(=O)c1ccc(CNC(=O)NCC2CCCO2)cc1. The predicted octanol–water partition coefficient (Wildman–Crippen LogP) is 1.07. The summed E-state index contributed by atoms with van der Waals surface area (Å²) in [7, 11) is -3.18. The Morgan fingerprint density at radius 2 is 2.00 bits per heavy atom. The lowest BCUT2D eigenvalue weighted by Crippen LogP contribution is -2.39. The quantitative estimate of drug-likeness (QED) is 0.852. The number of urea groups is 1. The van der Waals surface area contributed by atoms with Gasteiger partial charge in [-0.05, 0) is 30.5 Å². The van der Waals surface area contributed by atoms with E-state index in [1.165, 1.54) is 18.4 Å². The zero-order valence-corrected chi connectivity index (χ0v) is 12.8. The maximum Gasteiger partial charge on any atom is 0.315 e. The van der Waals surface area contributed by atoms with Gasteiger partial charge in [0.15, 0.2) is 9.84 Å². The number of rotatable bonds is 5. The van der Waals surface area contributed by atoms with E-state index in [-0.39, 0.29) is 17.0 Å². The number of benzene rings is 1. The summed E-state index contributed by atoms with van der Waals surface area (Å²) < 4.78 is 28.1. The summed E-state index contributed by atoms with van der Waals surface area (Å²) in [6, 6.07) is 6.21. The first-order valence-corrected chi connectivity index (χ1v) is 8.76. The summed E-state index contributed by atoms with van der Waals surface area (Å²) in [5.74, 6) is 0. The fourth-order valence-electron chi connectivity index (χ4n) is 2.11. The summed E-state index contributed by atoms with van der Waals surface area (Å²) in [6.45, 7) is 1.63. The lowest BCUT2D eigenvalue weighted by Gasteiger charge is -2.11. The summed E-state index contributed by atoms with van der Waals surface area (Å²) >= 11 is 0. The van der Waals surface area contributed by atoms with Gasteiger partial charge in [-0.15, -0.1) is 0 Å². The van der Waals surface area contributed by atoms with E-state index in [9.17, 15) is 13.2 Å². The van der Waals surface area contributed by atoms with Crippen molar-refractivity contribution in [2.45, 2.75) is 30.4 Å². The van der Waals surface area contributed by atoms with Crippen LogP contribution in [0.15, 0.2) is 29.2 Å². The van der Waals surface area contributed by atoms with Gasteiger partial charge in [0.1, 0.15) is 0 Å². The van der Waals surface area contributed by atoms with E-state index in [0.29, 0.717) is 13.1 Å². The number of hydrogen-bond acceptors (Lipinski definition) is 4. The third-order valence-electron chi connectivity index (χ3n) is 3.32. The molecule has 0 radical (unpaired) electrons. The van der Waals surface area contributed by atoms with Gasteiger partial charge < -0.3 is 15.4 Å². The van der Waals surface area contributed by atoms with Crippen LogP contribution in [-0.2, 0) is 21.1 Å². The molecular formula is C14H20N2O4S. The zero-order chi connectivity index (χ0) is 15.3. The van der Waals surface area contributed by atoms with E-state index < -0.39 is 9.84 Å². The Bertz CT molecular complexity index is 577. The molecule has 6 nitrogen and oxygen atoms in total. The van der Waals surface area contributed by atoms with Crippen LogP contribution in [-0.4, -0.2) is 40.0 Å². The molecule has 1 aliphatic heterocycles. The van der Waals surface area contributed by atoms with Crippen molar-refractivity contribution in [3.8, 4) is 0 Å². The highest BCUT2D eigenvalue weighted by Gasteiger charge is 2.15. The molecule has 1 fully saturated rings. The molecule has 1 saturated heterocycles. The highest BCUT2D eigenvalue weighted by molar-refractivity contribution is 7.90. The highest BCUT2D eigenvalue weighted by atomic mass is 32.2. The van der Waals surface area contributed by atoms with E-state index >= 15 is 0 Å². The van der Waals surface area contributed by atoms with Crippen LogP contribution in [0.1, 0.15) is 18.4 Å². The second kappa shape index (κ2) is 6.91. The number of carbonyl (C=O) groups excluding carboxylic acids is 1. The van der Waals surface area contributed by atoms with Crippen molar-refractivity contribution in [1.82, 2.24) is 10.6 Å². The first-order chi connectivity index (χ1) is 9.95. The van der Waals surface area contributed by atoms with Crippen LogP contribution < -0.4 is 10.6 Å². The molecule has 2 N–H and O–H groups in total. The number of hydrogen-bond donors (Lipinski definition) is 2. The fraction of sp³-hybridized carbons (Fsp3) is 0.500. The Hall–Kier alpha value is -1.60. The Kier molecular flexibility index (Phi) is 5.19. The van der Waals surface area contributed by atoms with Gasteiger partial charge in [0, 0.05) is 26.0 Å². The maximum absolute atomic E-state index is 11.6. The fourth-order valence-corrected chi connectivity index (χ4v) is 2.74. The molecule has 21 heavy (non-hydrogen) atoms. The molecule has 0 aliphatic carbocycles. The van der Waals surface area contributed by atoms with Gasteiger partial charge in [0.2, 0.25) is 0 Å². The molecule has 2 amide bonds. The van der Waals surface area contributed by atoms with Crippen molar-refractivity contribution >= 4 is 15.9 Å². The van der Waals surface area contributed by atoms with Gasteiger partial charge in [-0.1, -0.05) is 12.1 Å². The van der Waals surface area contributed by atoms with Gasteiger partial charge in [0.05, 0.1) is 11.0 Å². The minimum Gasteiger partial charge on any atom is -0.376 e. The van der Waals surface area contributed by atoms with Crippen LogP contribution in [0.3, 0.4) is 0 Å². The zero-order valence-electron chi connectivity index (χ0n) is 12.0. The molecule has 0 aromatic heterocycles. The Morgan fingerprint density at radius 3 is 2.57 bits per heavy atom. The molecule has 1 aromatic carbocycles. The summed E-state index contributed by atoms with van der Waals surface area (Å²) in [4.78, 5) is 11.9. The third-order valence-corrected chi connectivity index (χ3v) is 4.45. The number of nitrogens with one attached hydrogen (secondary N) is 2. The largest absolute Gasteiger partial charge is 0.376 e. The van der Waals surface area contributed by atoms with Gasteiger partial charge in [-0.2, -0.15) is 0 Å². The number of ether oxygens (including phenoxy) is 1. The van der Waals surface area contributed by atoms with Crippen molar-refractivity contribution < 1.29 is 17.9 Å². The van der Waals surface area contributed by atoms with E-state index in [1.807, 2.05) is 0 Å². The Balaban J connectivity index is 1.75. The summed E-state index contributed by atoms with van der Waals surface area (Å²) in [5.41, 5.74) is 0.842. The lowest BCUT2D eigenvalue weighted by molar-refractivity contribution is 0.111. The van der Waals surface area contributed by atoms with Gasteiger partial charge >= 0.3 is 6.03 Å². The number of carbonyl (C=O) groups is 1. The minimum absolute atomic E-state index is 0.116. The number of amides is 2. The van der Waals surface area contributed by atoms with E-state index in [4.69, 9.17) is 4.74 Å². The second-order valence-electron chi connectivity index (χ2n) is 5.11. The van der Waals surface area contributed by atoms with Crippen molar-refractivity contribution in [3.05, 3.63) is 29.8 Å². The molecule has 1 aliphatic rings. The molecule has 1 unspecified atom stereocenters. The minimum atomic E-state index is -3.18. The normalized spacial score (nSPS) is 18.4. The molecule has 1 atom stereocenters. The Morgan fingerprint density at radius 1 is 1.29 bits per heavy atom. The Labute approximate surface area is 124 Å². The molecule has 1 aromatic rings. The molecule has 116 valence electrons. The molecular weight excluding hydrogens is 292 g/mol. The monoisotopic (exact) mass is 312 g/mol. The van der Waals surface area contributed by atoms with Crippen LogP contribution in [0.25, 0.3) is 0 Å². The van der Waals surface area contributed by atoms with Crippen LogP contribution in [0, 0.1) is 0 Å². The average Bonchev–Trinajstić information content (AvgIpc) is 2.95. The van der Waals surface area contributed by atoms with E-state index in [1.54, 1.807) is 12.1 Å². The molecule has 7 heteroatoms. The smallest absolute Gasteiger partial charge is 0.315 e.